The average molecular weight is 568 g/mol. The Bertz CT molecular complexity index is 1150. The summed E-state index contributed by atoms with van der Waals surface area (Å²) in [7, 11) is 0. The van der Waals surface area contributed by atoms with E-state index in [0.29, 0.717) is 35.3 Å². The fourth-order valence-electron chi connectivity index (χ4n) is 6.06. The second kappa shape index (κ2) is 13.4. The second-order valence-corrected chi connectivity index (χ2v) is 13.6. The molecule has 4 rings (SSSR count). The van der Waals surface area contributed by atoms with E-state index in [1.807, 2.05) is 51.1 Å². The first-order chi connectivity index (χ1) is 19.0. The molecule has 0 radical (unpaired) electrons. The summed E-state index contributed by atoms with van der Waals surface area (Å²) < 4.78 is 0. The number of nitrogens with one attached hydrogen (secondary N) is 2. The number of β-amino-alcohol motifs (C(OH)–C–C–N with tert-alkyl or cyclic N) is 1. The molecule has 2 aromatic rings. The third-order valence-electron chi connectivity index (χ3n) is 8.23. The Hall–Kier alpha value is -2.55. The summed E-state index contributed by atoms with van der Waals surface area (Å²) in [6, 6.07) is 13.9. The number of likely N-dealkylation sites (tertiary alicyclic amines) is 1. The number of thioether (sulfide) groups is 1. The number of aliphatic hydroxyl groups excluding tert-OH is 1. The maximum absolute atomic E-state index is 13.5. The van der Waals surface area contributed by atoms with E-state index in [1.54, 1.807) is 36.9 Å². The van der Waals surface area contributed by atoms with Crippen LogP contribution in [0.2, 0.25) is 0 Å². The van der Waals surface area contributed by atoms with Crippen molar-refractivity contribution in [1.29, 1.82) is 0 Å². The zero-order valence-electron chi connectivity index (χ0n) is 24.2. The van der Waals surface area contributed by atoms with Gasteiger partial charge in [-0.2, -0.15) is 0 Å². The predicted molar refractivity (Wildman–Crippen MR) is 161 cm³/mol. The minimum absolute atomic E-state index is 0.0124. The number of phenolic OH excluding ortho intramolecular Hbond substituents is 1. The van der Waals surface area contributed by atoms with Gasteiger partial charge in [0, 0.05) is 40.4 Å². The zero-order chi connectivity index (χ0) is 28.9. The highest BCUT2D eigenvalue weighted by molar-refractivity contribution is 7.99. The molecule has 1 aliphatic heterocycles. The molecule has 1 saturated carbocycles. The molecule has 5 atom stereocenters. The Labute approximate surface area is 243 Å². The molecule has 2 fully saturated rings. The Morgan fingerprint density at radius 2 is 1.75 bits per heavy atom. The van der Waals surface area contributed by atoms with Crippen molar-refractivity contribution in [3.8, 4) is 5.75 Å². The van der Waals surface area contributed by atoms with E-state index in [0.717, 1.165) is 30.7 Å². The van der Waals surface area contributed by atoms with Crippen LogP contribution in [0.4, 0.5) is 0 Å². The summed E-state index contributed by atoms with van der Waals surface area (Å²) in [4.78, 5) is 30.0. The maximum atomic E-state index is 13.5. The minimum atomic E-state index is -0.886. The Balaban J connectivity index is 1.54. The Kier molecular flexibility index (Phi) is 10.2. The van der Waals surface area contributed by atoms with Crippen LogP contribution < -0.4 is 10.6 Å². The van der Waals surface area contributed by atoms with Gasteiger partial charge in [0.25, 0.3) is 5.91 Å². The summed E-state index contributed by atoms with van der Waals surface area (Å²) in [5.74, 6) is 1.27. The van der Waals surface area contributed by atoms with Gasteiger partial charge in [-0.15, -0.1) is 11.8 Å². The van der Waals surface area contributed by atoms with Gasteiger partial charge >= 0.3 is 0 Å². The maximum Gasteiger partial charge on any atom is 0.252 e. The molecule has 2 aliphatic rings. The molecular formula is C32H45N3O4S. The monoisotopic (exact) mass is 567 g/mol. The van der Waals surface area contributed by atoms with E-state index < -0.39 is 12.1 Å². The molecule has 0 unspecified atom stereocenters. The van der Waals surface area contributed by atoms with E-state index in [2.05, 4.69) is 15.5 Å². The molecule has 0 spiro atoms. The van der Waals surface area contributed by atoms with Crippen molar-refractivity contribution in [3.05, 3.63) is 59.7 Å². The lowest BCUT2D eigenvalue weighted by Crippen LogP contribution is -2.60. The quantitative estimate of drug-likeness (QED) is 0.327. The van der Waals surface area contributed by atoms with Crippen molar-refractivity contribution in [2.75, 3.05) is 18.8 Å². The molecular weight excluding hydrogens is 522 g/mol. The number of aromatic hydroxyl groups is 1. The summed E-state index contributed by atoms with van der Waals surface area (Å²) in [6.07, 6.45) is 4.67. The molecule has 2 aromatic carbocycles. The highest BCUT2D eigenvalue weighted by Gasteiger charge is 2.41. The van der Waals surface area contributed by atoms with E-state index in [4.69, 9.17) is 0 Å². The number of piperidine rings is 1. The average Bonchev–Trinajstić information content (AvgIpc) is 2.91. The van der Waals surface area contributed by atoms with Crippen LogP contribution in [0.25, 0.3) is 0 Å². The molecule has 1 aliphatic carbocycles. The van der Waals surface area contributed by atoms with E-state index in [-0.39, 0.29) is 29.1 Å². The Morgan fingerprint density at radius 3 is 2.45 bits per heavy atom. The van der Waals surface area contributed by atoms with Gasteiger partial charge in [0.2, 0.25) is 5.91 Å². The number of fused-ring (bicyclic) bond motifs is 1. The van der Waals surface area contributed by atoms with Gasteiger partial charge in [-0.1, -0.05) is 43.5 Å². The van der Waals surface area contributed by atoms with Crippen LogP contribution >= 0.6 is 11.8 Å². The van der Waals surface area contributed by atoms with Crippen molar-refractivity contribution in [2.45, 2.75) is 88.4 Å². The molecule has 0 bridgehead atoms. The van der Waals surface area contributed by atoms with Crippen molar-refractivity contribution in [2.24, 2.45) is 11.8 Å². The number of carbonyl (C=O) groups is 2. The van der Waals surface area contributed by atoms with Crippen LogP contribution in [-0.2, 0) is 4.79 Å². The van der Waals surface area contributed by atoms with Gasteiger partial charge in [0.1, 0.15) is 5.75 Å². The van der Waals surface area contributed by atoms with Crippen LogP contribution in [0.3, 0.4) is 0 Å². The summed E-state index contributed by atoms with van der Waals surface area (Å²) >= 11 is 1.57. The van der Waals surface area contributed by atoms with Crippen molar-refractivity contribution in [3.63, 3.8) is 0 Å². The van der Waals surface area contributed by atoms with Crippen molar-refractivity contribution >= 4 is 23.6 Å². The van der Waals surface area contributed by atoms with Crippen LogP contribution in [-0.4, -0.2) is 69.5 Å². The van der Waals surface area contributed by atoms with Crippen LogP contribution in [0.5, 0.6) is 5.75 Å². The van der Waals surface area contributed by atoms with Crippen molar-refractivity contribution in [1.82, 2.24) is 15.5 Å². The molecule has 40 heavy (non-hydrogen) atoms. The predicted octanol–water partition coefficient (Wildman–Crippen LogP) is 4.75. The van der Waals surface area contributed by atoms with E-state index in [1.165, 1.54) is 12.8 Å². The highest BCUT2D eigenvalue weighted by atomic mass is 32.2. The number of rotatable bonds is 9. The number of hydrogen-bond acceptors (Lipinski definition) is 6. The van der Waals surface area contributed by atoms with Gasteiger partial charge in [-0.25, -0.2) is 0 Å². The standard InChI is InChI=1S/C32H45N3O4S/c1-21-25(15-10-16-28(21)36)30(38)33-26(20-40-24-13-6-5-7-14-24)29(37)19-35-18-23-12-9-8-11-22(23)17-27(35)31(39)34-32(2,3)4/h5-7,10,13-16,22-23,26-27,29,36-37H,8-9,11-12,17-20H2,1-4H3,(H,33,38)(H,34,39)/t22-,23+,26-,27-,29-/m1/s1. The van der Waals surface area contributed by atoms with Gasteiger partial charge in [-0.05, 0) is 76.6 Å². The lowest BCUT2D eigenvalue weighted by molar-refractivity contribution is -0.132. The fourth-order valence-corrected chi connectivity index (χ4v) is 7.09. The number of aliphatic hydroxyl groups is 1. The second-order valence-electron chi connectivity index (χ2n) is 12.5. The number of benzene rings is 2. The number of nitrogens with zero attached hydrogens (tertiary/aromatic N) is 1. The largest absolute Gasteiger partial charge is 0.508 e. The van der Waals surface area contributed by atoms with Crippen LogP contribution in [0.15, 0.2) is 53.4 Å². The van der Waals surface area contributed by atoms with E-state index in [9.17, 15) is 19.8 Å². The number of phenols is 1. The first kappa shape index (κ1) is 30.4. The van der Waals surface area contributed by atoms with Gasteiger partial charge in [0.15, 0.2) is 0 Å². The third kappa shape index (κ3) is 8.02. The molecule has 1 heterocycles. The molecule has 218 valence electrons. The first-order valence-electron chi connectivity index (χ1n) is 14.5. The fraction of sp³-hybridized carbons (Fsp3) is 0.562. The van der Waals surface area contributed by atoms with Crippen LogP contribution in [0.1, 0.15) is 68.8 Å². The molecule has 0 aromatic heterocycles. The number of amides is 2. The van der Waals surface area contributed by atoms with E-state index >= 15 is 0 Å². The summed E-state index contributed by atoms with van der Waals surface area (Å²) in [5, 5.41) is 28.0. The lowest BCUT2D eigenvalue weighted by Gasteiger charge is -2.47. The summed E-state index contributed by atoms with van der Waals surface area (Å²) in [5.41, 5.74) is 0.543. The molecule has 2 amide bonds. The normalized spacial score (nSPS) is 23.1. The number of hydrogen-bond donors (Lipinski definition) is 4. The van der Waals surface area contributed by atoms with Crippen molar-refractivity contribution < 1.29 is 19.8 Å². The first-order valence-corrected chi connectivity index (χ1v) is 15.5. The molecule has 7 nitrogen and oxygen atoms in total. The summed E-state index contributed by atoms with van der Waals surface area (Å²) in [6.45, 7) is 8.76. The smallest absolute Gasteiger partial charge is 0.252 e. The van der Waals surface area contributed by atoms with Gasteiger partial charge in [-0.3, -0.25) is 14.5 Å². The SMILES string of the molecule is Cc1c(O)cccc1C(=O)N[C@H](CSc1ccccc1)[C@H](O)CN1C[C@@H]2CCCC[C@@H]2C[C@@H]1C(=O)NC(C)(C)C. The lowest BCUT2D eigenvalue weighted by atomic mass is 9.72. The van der Waals surface area contributed by atoms with Crippen LogP contribution in [0, 0.1) is 18.8 Å². The third-order valence-corrected chi connectivity index (χ3v) is 9.36. The Morgan fingerprint density at radius 1 is 1.05 bits per heavy atom. The number of carbonyl (C=O) groups excluding carboxylic acids is 2. The minimum Gasteiger partial charge on any atom is -0.508 e. The molecule has 4 N–H and O–H groups in total. The zero-order valence-corrected chi connectivity index (χ0v) is 25.0. The highest BCUT2D eigenvalue weighted by Crippen LogP contribution is 2.39. The van der Waals surface area contributed by atoms with Gasteiger partial charge < -0.3 is 20.8 Å². The topological polar surface area (TPSA) is 102 Å². The van der Waals surface area contributed by atoms with Gasteiger partial charge in [0.05, 0.1) is 18.2 Å². The molecule has 8 heteroatoms. The molecule has 1 saturated heterocycles.